The van der Waals surface area contributed by atoms with Gasteiger partial charge in [-0.1, -0.05) is 6.07 Å². The van der Waals surface area contributed by atoms with E-state index in [-0.39, 0.29) is 6.42 Å². The molecule has 0 aliphatic rings. The first-order valence-corrected chi connectivity index (χ1v) is 8.14. The number of carboxylic acid groups (broad SMARTS) is 1. The number of furan rings is 1. The first-order chi connectivity index (χ1) is 12.1. The third-order valence-electron chi connectivity index (χ3n) is 3.88. The second-order valence-electron chi connectivity index (χ2n) is 5.81. The normalized spacial score (nSPS) is 10.8. The smallest absolute Gasteiger partial charge is 0.307 e. The van der Waals surface area contributed by atoms with Crippen LogP contribution < -0.4 is 9.47 Å². The van der Waals surface area contributed by atoms with Crippen molar-refractivity contribution in [2.45, 2.75) is 26.9 Å². The number of fused-ring (bicyclic) bond motifs is 1. The number of hydrogen-bond acceptors (Lipinski definition) is 4. The lowest BCUT2D eigenvalue weighted by Gasteiger charge is -2.13. The Bertz CT molecular complexity index is 894. The lowest BCUT2D eigenvalue weighted by Crippen LogP contribution is -2.05. The molecule has 25 heavy (non-hydrogen) atoms. The average Bonchev–Trinajstić information content (AvgIpc) is 3.04. The van der Waals surface area contributed by atoms with E-state index >= 15 is 0 Å². The van der Waals surface area contributed by atoms with Gasteiger partial charge in [-0.2, -0.15) is 0 Å². The minimum atomic E-state index is -0.898. The number of benzene rings is 2. The molecule has 5 heteroatoms. The molecule has 1 heterocycles. The van der Waals surface area contributed by atoms with E-state index in [0.29, 0.717) is 30.3 Å². The van der Waals surface area contributed by atoms with Crippen molar-refractivity contribution in [1.82, 2.24) is 0 Å². The molecule has 0 radical (unpaired) electrons. The molecule has 2 aromatic carbocycles. The first-order valence-electron chi connectivity index (χ1n) is 8.14. The van der Waals surface area contributed by atoms with Crippen LogP contribution in [-0.2, 0) is 17.8 Å². The second kappa shape index (κ2) is 7.30. The van der Waals surface area contributed by atoms with Gasteiger partial charge in [-0.15, -0.1) is 0 Å². The van der Waals surface area contributed by atoms with Crippen LogP contribution in [0.3, 0.4) is 0 Å². The highest BCUT2D eigenvalue weighted by molar-refractivity contribution is 5.81. The van der Waals surface area contributed by atoms with Gasteiger partial charge in [0.15, 0.2) is 0 Å². The quantitative estimate of drug-likeness (QED) is 0.692. The first kappa shape index (κ1) is 16.9. The van der Waals surface area contributed by atoms with Crippen LogP contribution in [0.1, 0.15) is 23.6 Å². The molecule has 3 rings (SSSR count). The van der Waals surface area contributed by atoms with Crippen molar-refractivity contribution >= 4 is 16.9 Å². The number of carbonyl (C=O) groups is 1. The highest BCUT2D eigenvalue weighted by Gasteiger charge is 2.11. The summed E-state index contributed by atoms with van der Waals surface area (Å²) in [7, 11) is 0. The van der Waals surface area contributed by atoms with E-state index in [1.54, 1.807) is 24.5 Å². The van der Waals surface area contributed by atoms with Crippen LogP contribution >= 0.6 is 0 Å². The molecular formula is C20H20O5. The zero-order chi connectivity index (χ0) is 17.8. The third kappa shape index (κ3) is 3.94. The molecule has 0 spiro atoms. The number of carboxylic acids is 1. The molecule has 0 saturated heterocycles. The van der Waals surface area contributed by atoms with Gasteiger partial charge in [0.1, 0.15) is 23.7 Å². The van der Waals surface area contributed by atoms with Gasteiger partial charge >= 0.3 is 5.97 Å². The lowest BCUT2D eigenvalue weighted by atomic mass is 10.1. The van der Waals surface area contributed by atoms with Crippen molar-refractivity contribution in [3.05, 3.63) is 59.4 Å². The van der Waals surface area contributed by atoms with Crippen LogP contribution in [0.5, 0.6) is 11.5 Å². The van der Waals surface area contributed by atoms with Crippen LogP contribution in [0, 0.1) is 6.92 Å². The summed E-state index contributed by atoms with van der Waals surface area (Å²) in [5.74, 6) is 0.288. The summed E-state index contributed by atoms with van der Waals surface area (Å²) in [5, 5.41) is 10.1. The topological polar surface area (TPSA) is 68.9 Å². The summed E-state index contributed by atoms with van der Waals surface area (Å²) in [6, 6.07) is 11.2. The van der Waals surface area contributed by atoms with E-state index in [1.165, 1.54) is 0 Å². The van der Waals surface area contributed by atoms with Crippen molar-refractivity contribution in [2.24, 2.45) is 0 Å². The fourth-order valence-electron chi connectivity index (χ4n) is 2.82. The maximum Gasteiger partial charge on any atom is 0.307 e. The van der Waals surface area contributed by atoms with Crippen LogP contribution in [0.4, 0.5) is 0 Å². The van der Waals surface area contributed by atoms with Gasteiger partial charge in [0.2, 0.25) is 0 Å². The second-order valence-corrected chi connectivity index (χ2v) is 5.81. The summed E-state index contributed by atoms with van der Waals surface area (Å²) in [6.45, 7) is 4.76. The lowest BCUT2D eigenvalue weighted by molar-refractivity contribution is -0.136. The van der Waals surface area contributed by atoms with Crippen molar-refractivity contribution in [1.29, 1.82) is 0 Å². The monoisotopic (exact) mass is 340 g/mol. The molecule has 5 nitrogen and oxygen atoms in total. The summed E-state index contributed by atoms with van der Waals surface area (Å²) in [4.78, 5) is 11.1. The molecule has 0 aliphatic carbocycles. The number of hydrogen-bond donors (Lipinski definition) is 1. The van der Waals surface area contributed by atoms with Gasteiger partial charge < -0.3 is 19.0 Å². The van der Waals surface area contributed by atoms with Crippen LogP contribution in [0.25, 0.3) is 11.0 Å². The molecule has 3 aromatic rings. The maximum atomic E-state index is 11.1. The highest BCUT2D eigenvalue weighted by Crippen LogP contribution is 2.28. The molecule has 0 saturated carbocycles. The van der Waals surface area contributed by atoms with Gasteiger partial charge in [-0.25, -0.2) is 0 Å². The van der Waals surface area contributed by atoms with Gasteiger partial charge in [-0.05, 0) is 49.2 Å². The summed E-state index contributed by atoms with van der Waals surface area (Å²) in [6.07, 6.45) is 1.57. The Kier molecular flexibility index (Phi) is 4.93. The molecule has 0 atom stereocenters. The van der Waals surface area contributed by atoms with E-state index in [0.717, 1.165) is 22.1 Å². The minimum absolute atomic E-state index is 0.0957. The largest absolute Gasteiger partial charge is 0.494 e. The molecule has 1 N–H and O–H groups in total. The zero-order valence-electron chi connectivity index (χ0n) is 14.2. The Morgan fingerprint density at radius 2 is 2.00 bits per heavy atom. The van der Waals surface area contributed by atoms with E-state index < -0.39 is 5.97 Å². The van der Waals surface area contributed by atoms with E-state index in [9.17, 15) is 4.79 Å². The minimum Gasteiger partial charge on any atom is -0.494 e. The molecule has 0 aliphatic heterocycles. The van der Waals surface area contributed by atoms with Crippen molar-refractivity contribution < 1.29 is 23.8 Å². The molecule has 0 amide bonds. The number of aryl methyl sites for hydroxylation is 1. The van der Waals surface area contributed by atoms with Gasteiger partial charge in [0.05, 0.1) is 19.3 Å². The third-order valence-corrected chi connectivity index (χ3v) is 3.88. The fourth-order valence-corrected chi connectivity index (χ4v) is 2.82. The van der Waals surface area contributed by atoms with E-state index in [4.69, 9.17) is 19.0 Å². The molecule has 130 valence electrons. The standard InChI is InChI=1S/C20H20O5/c1-3-23-17-5-4-15(10-19(21)22)18(11-17)25-12-14-8-13(2)20-16(9-14)6-7-24-20/h4-9,11H,3,10,12H2,1-2H3,(H,21,22). The Balaban J connectivity index is 1.84. The van der Waals surface area contributed by atoms with Gasteiger partial charge in [0.25, 0.3) is 0 Å². The van der Waals surface area contributed by atoms with Crippen LogP contribution in [0.15, 0.2) is 47.1 Å². The van der Waals surface area contributed by atoms with E-state index in [2.05, 4.69) is 0 Å². The summed E-state index contributed by atoms with van der Waals surface area (Å²) < 4.78 is 16.9. The van der Waals surface area contributed by atoms with Crippen molar-refractivity contribution in [3.8, 4) is 11.5 Å². The number of aliphatic carboxylic acids is 1. The Hall–Kier alpha value is -2.95. The zero-order valence-corrected chi connectivity index (χ0v) is 14.2. The molecule has 0 unspecified atom stereocenters. The predicted molar refractivity (Wildman–Crippen MR) is 94.2 cm³/mol. The fraction of sp³-hybridized carbons (Fsp3) is 0.250. The number of ether oxygens (including phenoxy) is 2. The van der Waals surface area contributed by atoms with Crippen LogP contribution in [0.2, 0.25) is 0 Å². The highest BCUT2D eigenvalue weighted by atomic mass is 16.5. The molecule has 0 bridgehead atoms. The average molecular weight is 340 g/mol. The molecular weight excluding hydrogens is 320 g/mol. The van der Waals surface area contributed by atoms with Crippen molar-refractivity contribution in [3.63, 3.8) is 0 Å². The SMILES string of the molecule is CCOc1ccc(CC(=O)O)c(OCc2cc(C)c3occc3c2)c1. The van der Waals surface area contributed by atoms with Gasteiger partial charge in [-0.3, -0.25) is 4.79 Å². The predicted octanol–water partition coefficient (Wildman–Crippen LogP) is 4.35. The maximum absolute atomic E-state index is 11.1. The van der Waals surface area contributed by atoms with Crippen LogP contribution in [-0.4, -0.2) is 17.7 Å². The van der Waals surface area contributed by atoms with E-state index in [1.807, 2.05) is 32.0 Å². The molecule has 1 aromatic heterocycles. The Morgan fingerprint density at radius 1 is 1.16 bits per heavy atom. The van der Waals surface area contributed by atoms with Gasteiger partial charge in [0, 0.05) is 17.0 Å². The molecule has 0 fully saturated rings. The Labute approximate surface area is 145 Å². The van der Waals surface area contributed by atoms with Crippen molar-refractivity contribution in [2.75, 3.05) is 6.61 Å². The number of rotatable bonds is 7. The summed E-state index contributed by atoms with van der Waals surface area (Å²) in [5.41, 5.74) is 3.52. The Morgan fingerprint density at radius 3 is 2.76 bits per heavy atom. The summed E-state index contributed by atoms with van der Waals surface area (Å²) >= 11 is 0.